The first kappa shape index (κ1) is 23.9. The molecule has 0 amide bonds. The normalized spacial score (nSPS) is 11.3. The van der Waals surface area contributed by atoms with Crippen molar-refractivity contribution in [3.63, 3.8) is 0 Å². The molecule has 0 aromatic rings. The van der Waals surface area contributed by atoms with Crippen LogP contribution in [0.1, 0.15) is 84.0 Å². The highest BCUT2D eigenvalue weighted by molar-refractivity contribution is 7.85. The van der Waals surface area contributed by atoms with Gasteiger partial charge in [-0.15, -0.1) is 0 Å². The van der Waals surface area contributed by atoms with Crippen molar-refractivity contribution in [1.82, 2.24) is 0 Å². The Labute approximate surface area is 151 Å². The molecule has 0 rings (SSSR count). The van der Waals surface area contributed by atoms with Gasteiger partial charge in [0, 0.05) is 0 Å². The third-order valence-electron chi connectivity index (χ3n) is 3.66. The molecule has 0 radical (unpaired) electrons. The van der Waals surface area contributed by atoms with Crippen LogP contribution < -0.4 is 0 Å². The molecule has 0 spiro atoms. The van der Waals surface area contributed by atoms with Gasteiger partial charge < -0.3 is 9.47 Å². The van der Waals surface area contributed by atoms with E-state index in [9.17, 15) is 18.0 Å². The molecule has 7 nitrogen and oxygen atoms in total. The molecule has 25 heavy (non-hydrogen) atoms. The predicted octanol–water partition coefficient (Wildman–Crippen LogP) is 3.62. The summed E-state index contributed by atoms with van der Waals surface area (Å²) in [5.41, 5.74) is 0. The van der Waals surface area contributed by atoms with Gasteiger partial charge in [0.15, 0.2) is 0 Å². The lowest BCUT2D eigenvalue weighted by atomic mass is 10.1. The number of carbonyl (C=O) groups is 2. The Hall–Kier alpha value is -1.15. The molecule has 8 heteroatoms. The lowest BCUT2D eigenvalue weighted by Crippen LogP contribution is -2.15. The molecule has 0 aliphatic rings. The highest BCUT2D eigenvalue weighted by Gasteiger charge is 2.12. The highest BCUT2D eigenvalue weighted by atomic mass is 32.2. The van der Waals surface area contributed by atoms with Crippen molar-refractivity contribution >= 4 is 22.1 Å². The van der Waals surface area contributed by atoms with Crippen LogP contribution in [0.25, 0.3) is 0 Å². The molecular weight excluding hydrogens is 348 g/mol. The van der Waals surface area contributed by atoms with Gasteiger partial charge in [-0.3, -0.25) is 14.1 Å². The Kier molecular flexibility index (Phi) is 14.4. The molecule has 0 aromatic heterocycles. The van der Waals surface area contributed by atoms with Gasteiger partial charge in [0.1, 0.15) is 0 Å². The van der Waals surface area contributed by atoms with Gasteiger partial charge >= 0.3 is 22.1 Å². The van der Waals surface area contributed by atoms with E-state index in [1.807, 2.05) is 0 Å². The number of hydrogen-bond donors (Lipinski definition) is 1. The number of unbranched alkanes of at least 4 members (excludes halogenated alkanes) is 9. The van der Waals surface area contributed by atoms with Crippen molar-refractivity contribution in [1.29, 1.82) is 0 Å². The van der Waals surface area contributed by atoms with E-state index in [1.54, 1.807) is 0 Å². The maximum atomic E-state index is 11.4. The second-order valence-electron chi connectivity index (χ2n) is 6.12. The molecule has 0 aliphatic carbocycles. The Morgan fingerprint density at radius 1 is 0.760 bits per heavy atom. The topological polar surface area (TPSA) is 107 Å². The van der Waals surface area contributed by atoms with Gasteiger partial charge in [0.05, 0.1) is 19.4 Å². The van der Waals surface area contributed by atoms with Crippen LogP contribution in [-0.2, 0) is 29.2 Å². The van der Waals surface area contributed by atoms with Gasteiger partial charge in [-0.1, -0.05) is 64.7 Å². The van der Waals surface area contributed by atoms with Gasteiger partial charge in [-0.25, -0.2) is 0 Å². The average Bonchev–Trinajstić information content (AvgIpc) is 2.55. The van der Waals surface area contributed by atoms with Crippen LogP contribution in [0.15, 0.2) is 0 Å². The Morgan fingerprint density at radius 2 is 1.20 bits per heavy atom. The number of ether oxygens (including phenoxy) is 2. The number of carbonyl (C=O) groups excluding carboxylic acids is 2. The Balaban J connectivity index is 3.40. The van der Waals surface area contributed by atoms with E-state index in [0.717, 1.165) is 19.3 Å². The smallest absolute Gasteiger partial charge is 0.307 e. The fourth-order valence-electron chi connectivity index (χ4n) is 2.26. The zero-order chi connectivity index (χ0) is 19.0. The summed E-state index contributed by atoms with van der Waals surface area (Å²) in [6.07, 6.45) is 11.5. The van der Waals surface area contributed by atoms with E-state index in [0.29, 0.717) is 6.61 Å². The van der Waals surface area contributed by atoms with E-state index in [4.69, 9.17) is 9.29 Å². The lowest BCUT2D eigenvalue weighted by Gasteiger charge is -2.05. The quantitative estimate of drug-likeness (QED) is 0.247. The first-order chi connectivity index (χ1) is 11.8. The van der Waals surface area contributed by atoms with Crippen LogP contribution in [0, 0.1) is 0 Å². The number of hydrogen-bond acceptors (Lipinski definition) is 6. The SMILES string of the molecule is CCCCCCCCCCCCOC(=O)CCC(=O)OCS(=O)(=O)O. The summed E-state index contributed by atoms with van der Waals surface area (Å²) in [5, 5.41) is 0. The van der Waals surface area contributed by atoms with E-state index < -0.39 is 28.0 Å². The molecule has 0 saturated heterocycles. The minimum Gasteiger partial charge on any atom is -0.466 e. The van der Waals surface area contributed by atoms with E-state index in [-0.39, 0.29) is 12.8 Å². The molecule has 1 N–H and O–H groups in total. The third-order valence-corrected chi connectivity index (χ3v) is 4.08. The molecule has 0 aromatic carbocycles. The maximum absolute atomic E-state index is 11.4. The molecule has 0 unspecified atom stereocenters. The fraction of sp³-hybridized carbons (Fsp3) is 0.882. The Bertz CT molecular complexity index is 460. The zero-order valence-electron chi connectivity index (χ0n) is 15.2. The summed E-state index contributed by atoms with van der Waals surface area (Å²) < 4.78 is 38.5. The molecule has 0 aliphatic heterocycles. The molecule has 0 fully saturated rings. The second-order valence-corrected chi connectivity index (χ2v) is 7.52. The van der Waals surface area contributed by atoms with Crippen molar-refractivity contribution in [2.45, 2.75) is 84.0 Å². The highest BCUT2D eigenvalue weighted by Crippen LogP contribution is 2.10. The average molecular weight is 381 g/mol. The summed E-state index contributed by atoms with van der Waals surface area (Å²) in [4.78, 5) is 22.6. The van der Waals surface area contributed by atoms with Crippen LogP contribution in [0.3, 0.4) is 0 Å². The van der Waals surface area contributed by atoms with E-state index in [2.05, 4.69) is 11.7 Å². The fourth-order valence-corrected chi connectivity index (χ4v) is 2.54. The van der Waals surface area contributed by atoms with Crippen molar-refractivity contribution in [3.8, 4) is 0 Å². The van der Waals surface area contributed by atoms with Crippen molar-refractivity contribution in [3.05, 3.63) is 0 Å². The van der Waals surface area contributed by atoms with Crippen LogP contribution in [0.5, 0.6) is 0 Å². The summed E-state index contributed by atoms with van der Waals surface area (Å²) in [6.45, 7) is 2.54. The standard InChI is InChI=1S/C17H32O7S/c1-2-3-4-5-6-7-8-9-10-11-14-23-16(18)12-13-17(19)24-15-25(20,21)22/h2-15H2,1H3,(H,20,21,22). The minimum absolute atomic E-state index is 0.165. The van der Waals surface area contributed by atoms with Crippen molar-refractivity contribution in [2.75, 3.05) is 12.5 Å². The van der Waals surface area contributed by atoms with Crippen molar-refractivity contribution < 1.29 is 32.0 Å². The minimum atomic E-state index is -4.35. The summed E-state index contributed by atoms with van der Waals surface area (Å²) in [5.74, 6) is -2.48. The first-order valence-corrected chi connectivity index (χ1v) is 10.7. The van der Waals surface area contributed by atoms with E-state index >= 15 is 0 Å². The van der Waals surface area contributed by atoms with Crippen LogP contribution in [-0.4, -0.2) is 37.5 Å². The predicted molar refractivity (Wildman–Crippen MR) is 94.5 cm³/mol. The summed E-state index contributed by atoms with van der Waals surface area (Å²) in [7, 11) is -4.35. The second kappa shape index (κ2) is 15.1. The molecule has 0 bridgehead atoms. The molecule has 148 valence electrons. The van der Waals surface area contributed by atoms with E-state index in [1.165, 1.54) is 44.9 Å². The van der Waals surface area contributed by atoms with Crippen molar-refractivity contribution in [2.24, 2.45) is 0 Å². The monoisotopic (exact) mass is 380 g/mol. The molecule has 0 atom stereocenters. The van der Waals surface area contributed by atoms with Gasteiger partial charge in [0.25, 0.3) is 0 Å². The maximum Gasteiger partial charge on any atom is 0.307 e. The molecule has 0 heterocycles. The lowest BCUT2D eigenvalue weighted by molar-refractivity contribution is -0.149. The van der Waals surface area contributed by atoms with Crippen LogP contribution in [0.2, 0.25) is 0 Å². The zero-order valence-corrected chi connectivity index (χ0v) is 16.0. The third kappa shape index (κ3) is 19.0. The van der Waals surface area contributed by atoms with Gasteiger partial charge in [-0.2, -0.15) is 8.42 Å². The summed E-state index contributed by atoms with van der Waals surface area (Å²) >= 11 is 0. The van der Waals surface area contributed by atoms with Crippen LogP contribution >= 0.6 is 0 Å². The number of esters is 2. The molecule has 0 saturated carbocycles. The molecular formula is C17H32O7S. The first-order valence-electron chi connectivity index (χ1n) is 9.11. The van der Waals surface area contributed by atoms with Crippen LogP contribution in [0.4, 0.5) is 0 Å². The van der Waals surface area contributed by atoms with Gasteiger partial charge in [-0.05, 0) is 6.42 Å². The largest absolute Gasteiger partial charge is 0.466 e. The summed E-state index contributed by atoms with van der Waals surface area (Å²) in [6, 6.07) is 0. The Morgan fingerprint density at radius 3 is 1.68 bits per heavy atom. The van der Waals surface area contributed by atoms with Gasteiger partial charge in [0.2, 0.25) is 5.94 Å². The number of rotatable bonds is 16.